The lowest BCUT2D eigenvalue weighted by molar-refractivity contribution is -0.202. The maximum absolute atomic E-state index is 11.1. The van der Waals surface area contributed by atoms with E-state index in [1.54, 1.807) is 0 Å². The highest BCUT2D eigenvalue weighted by Gasteiger charge is 2.28. The number of hydrogen-bond acceptors (Lipinski definition) is 4. The topological polar surface area (TPSA) is 52.6 Å². The van der Waals surface area contributed by atoms with Crippen LogP contribution in [0.3, 0.4) is 0 Å². The molecule has 0 fully saturated rings. The van der Waals surface area contributed by atoms with Crippen molar-refractivity contribution in [3.05, 3.63) is 24.8 Å². The SMILES string of the molecule is C=CC(C)(OC(C)=O)OC(=O)C(=C)C. The van der Waals surface area contributed by atoms with Crippen molar-refractivity contribution in [2.24, 2.45) is 0 Å². The Balaban J connectivity index is 4.55. The monoisotopic (exact) mass is 198 g/mol. The Bertz CT molecular complexity index is 280. The number of hydrogen-bond donors (Lipinski definition) is 0. The van der Waals surface area contributed by atoms with Crippen LogP contribution in [-0.2, 0) is 19.1 Å². The zero-order valence-corrected chi connectivity index (χ0v) is 8.62. The zero-order valence-electron chi connectivity index (χ0n) is 8.62. The van der Waals surface area contributed by atoms with Gasteiger partial charge in [0.25, 0.3) is 5.79 Å². The van der Waals surface area contributed by atoms with Gasteiger partial charge in [0, 0.05) is 19.4 Å². The fourth-order valence-electron chi connectivity index (χ4n) is 0.661. The minimum Gasteiger partial charge on any atom is -0.419 e. The standard InChI is InChI=1S/C10H14O4/c1-6-10(5,13-8(4)11)14-9(12)7(2)3/h6H,1-2H2,3-5H3. The van der Waals surface area contributed by atoms with E-state index in [1.165, 1.54) is 26.8 Å². The van der Waals surface area contributed by atoms with Gasteiger partial charge < -0.3 is 9.47 Å². The highest BCUT2D eigenvalue weighted by Crippen LogP contribution is 2.15. The molecule has 0 bridgehead atoms. The lowest BCUT2D eigenvalue weighted by Gasteiger charge is -2.24. The number of esters is 2. The normalized spacial score (nSPS) is 13.6. The van der Waals surface area contributed by atoms with Gasteiger partial charge in [-0.05, 0) is 13.0 Å². The predicted molar refractivity (Wildman–Crippen MR) is 51.3 cm³/mol. The van der Waals surface area contributed by atoms with E-state index in [2.05, 4.69) is 13.2 Å². The molecule has 0 aromatic carbocycles. The average Bonchev–Trinajstić information content (AvgIpc) is 2.02. The third-order valence-electron chi connectivity index (χ3n) is 1.36. The Kier molecular flexibility index (Phi) is 4.08. The second-order valence-corrected chi connectivity index (χ2v) is 2.98. The average molecular weight is 198 g/mol. The van der Waals surface area contributed by atoms with Crippen molar-refractivity contribution in [3.63, 3.8) is 0 Å². The van der Waals surface area contributed by atoms with Gasteiger partial charge in [0.15, 0.2) is 0 Å². The second-order valence-electron chi connectivity index (χ2n) is 2.98. The summed E-state index contributed by atoms with van der Waals surface area (Å²) in [6, 6.07) is 0. The first-order valence-corrected chi connectivity index (χ1v) is 4.03. The molecule has 0 saturated carbocycles. The second kappa shape index (κ2) is 4.60. The highest BCUT2D eigenvalue weighted by atomic mass is 16.7. The number of ether oxygens (including phenoxy) is 2. The fourth-order valence-corrected chi connectivity index (χ4v) is 0.661. The summed E-state index contributed by atoms with van der Waals surface area (Å²) < 4.78 is 9.63. The van der Waals surface area contributed by atoms with E-state index in [-0.39, 0.29) is 5.57 Å². The quantitative estimate of drug-likeness (QED) is 0.298. The van der Waals surface area contributed by atoms with Gasteiger partial charge in [-0.25, -0.2) is 4.79 Å². The molecule has 0 rings (SSSR count). The summed E-state index contributed by atoms with van der Waals surface area (Å²) in [4.78, 5) is 21.8. The van der Waals surface area contributed by atoms with Crippen LogP contribution in [0.15, 0.2) is 24.8 Å². The molecule has 0 aliphatic heterocycles. The predicted octanol–water partition coefficient (Wildman–Crippen LogP) is 1.57. The van der Waals surface area contributed by atoms with Crippen molar-refractivity contribution in [3.8, 4) is 0 Å². The summed E-state index contributed by atoms with van der Waals surface area (Å²) in [5, 5.41) is 0. The van der Waals surface area contributed by atoms with Crippen LogP contribution in [0.5, 0.6) is 0 Å². The molecule has 0 aromatic heterocycles. The van der Waals surface area contributed by atoms with E-state index in [0.717, 1.165) is 0 Å². The van der Waals surface area contributed by atoms with Crippen LogP contribution >= 0.6 is 0 Å². The summed E-state index contributed by atoms with van der Waals surface area (Å²) in [6.45, 7) is 11.0. The lowest BCUT2D eigenvalue weighted by Crippen LogP contribution is -2.34. The van der Waals surface area contributed by atoms with Crippen molar-refractivity contribution in [2.75, 3.05) is 0 Å². The summed E-state index contributed by atoms with van der Waals surface area (Å²) in [5.41, 5.74) is 0.227. The first-order valence-electron chi connectivity index (χ1n) is 4.03. The van der Waals surface area contributed by atoms with Crippen LogP contribution < -0.4 is 0 Å². The summed E-state index contributed by atoms with van der Waals surface area (Å²) in [7, 11) is 0. The molecular formula is C10H14O4. The molecule has 4 heteroatoms. The molecule has 0 saturated heterocycles. The Hall–Kier alpha value is -1.58. The molecule has 0 N–H and O–H groups in total. The molecule has 1 atom stereocenters. The van der Waals surface area contributed by atoms with Crippen molar-refractivity contribution in [2.45, 2.75) is 26.6 Å². The minimum atomic E-state index is -1.43. The lowest BCUT2D eigenvalue weighted by atomic mass is 10.3. The van der Waals surface area contributed by atoms with E-state index in [1.807, 2.05) is 0 Å². The van der Waals surface area contributed by atoms with Gasteiger partial charge in [0.2, 0.25) is 0 Å². The Morgan fingerprint density at radius 2 is 1.79 bits per heavy atom. The largest absolute Gasteiger partial charge is 0.419 e. The minimum absolute atomic E-state index is 0.227. The van der Waals surface area contributed by atoms with Gasteiger partial charge in [-0.15, -0.1) is 0 Å². The van der Waals surface area contributed by atoms with Gasteiger partial charge in [-0.2, -0.15) is 0 Å². The van der Waals surface area contributed by atoms with Crippen molar-refractivity contribution in [1.82, 2.24) is 0 Å². The number of carbonyl (C=O) groups excluding carboxylic acids is 2. The zero-order chi connectivity index (χ0) is 11.4. The smallest absolute Gasteiger partial charge is 0.336 e. The maximum Gasteiger partial charge on any atom is 0.336 e. The van der Waals surface area contributed by atoms with Crippen LogP contribution in [0.1, 0.15) is 20.8 Å². The first kappa shape index (κ1) is 12.4. The first-order chi connectivity index (χ1) is 6.30. The Morgan fingerprint density at radius 3 is 2.07 bits per heavy atom. The molecule has 0 amide bonds. The molecule has 78 valence electrons. The fraction of sp³-hybridized carbons (Fsp3) is 0.400. The Labute approximate surface area is 83.2 Å². The van der Waals surface area contributed by atoms with E-state index in [9.17, 15) is 9.59 Å². The van der Waals surface area contributed by atoms with E-state index in [0.29, 0.717) is 0 Å². The van der Waals surface area contributed by atoms with Crippen LogP contribution in [0.2, 0.25) is 0 Å². The number of carbonyl (C=O) groups is 2. The van der Waals surface area contributed by atoms with Gasteiger partial charge >= 0.3 is 11.9 Å². The third kappa shape index (κ3) is 3.89. The Morgan fingerprint density at radius 1 is 1.29 bits per heavy atom. The molecule has 0 aromatic rings. The molecule has 1 unspecified atom stereocenters. The molecule has 4 nitrogen and oxygen atoms in total. The van der Waals surface area contributed by atoms with Crippen LogP contribution in [0.25, 0.3) is 0 Å². The summed E-state index contributed by atoms with van der Waals surface area (Å²) >= 11 is 0. The van der Waals surface area contributed by atoms with E-state index < -0.39 is 17.7 Å². The van der Waals surface area contributed by atoms with Crippen LogP contribution in [0, 0.1) is 0 Å². The number of rotatable bonds is 4. The molecule has 0 heterocycles. The molecule has 0 spiro atoms. The van der Waals surface area contributed by atoms with Crippen LogP contribution in [0.4, 0.5) is 0 Å². The van der Waals surface area contributed by atoms with Crippen molar-refractivity contribution in [1.29, 1.82) is 0 Å². The van der Waals surface area contributed by atoms with Gasteiger partial charge in [0.05, 0.1) is 0 Å². The molecule has 0 aliphatic rings. The van der Waals surface area contributed by atoms with Gasteiger partial charge in [-0.3, -0.25) is 4.79 Å². The molecule has 14 heavy (non-hydrogen) atoms. The molecule has 0 aliphatic carbocycles. The third-order valence-corrected chi connectivity index (χ3v) is 1.36. The van der Waals surface area contributed by atoms with Crippen LogP contribution in [-0.4, -0.2) is 17.7 Å². The molecular weight excluding hydrogens is 184 g/mol. The van der Waals surface area contributed by atoms with Crippen molar-refractivity contribution < 1.29 is 19.1 Å². The van der Waals surface area contributed by atoms with Gasteiger partial charge in [-0.1, -0.05) is 13.2 Å². The highest BCUT2D eigenvalue weighted by molar-refractivity contribution is 5.87. The van der Waals surface area contributed by atoms with E-state index >= 15 is 0 Å². The maximum atomic E-state index is 11.1. The van der Waals surface area contributed by atoms with Gasteiger partial charge in [0.1, 0.15) is 0 Å². The summed E-state index contributed by atoms with van der Waals surface area (Å²) in [5.74, 6) is -2.61. The molecule has 0 radical (unpaired) electrons. The van der Waals surface area contributed by atoms with E-state index in [4.69, 9.17) is 9.47 Å². The summed E-state index contributed by atoms with van der Waals surface area (Å²) in [6.07, 6.45) is 1.23. The van der Waals surface area contributed by atoms with Crippen molar-refractivity contribution >= 4 is 11.9 Å².